The molecule has 5 heteroatoms. The molecule has 20 heavy (non-hydrogen) atoms. The number of rotatable bonds is 4. The highest BCUT2D eigenvalue weighted by Crippen LogP contribution is 2.23. The SMILES string of the molecule is COc1ccccc1NCC(=O)N1CCC(C)C(O)C1. The predicted molar refractivity (Wildman–Crippen MR) is 77.9 cm³/mol. The second-order valence-corrected chi connectivity index (χ2v) is 5.23. The van der Waals surface area contributed by atoms with Gasteiger partial charge in [0.05, 0.1) is 25.4 Å². The molecule has 1 fully saturated rings. The van der Waals surface area contributed by atoms with Gasteiger partial charge in [0.1, 0.15) is 5.75 Å². The number of benzene rings is 1. The van der Waals surface area contributed by atoms with Crippen LogP contribution in [0, 0.1) is 5.92 Å². The third kappa shape index (κ3) is 3.42. The third-order valence-electron chi connectivity index (χ3n) is 3.81. The molecular weight excluding hydrogens is 256 g/mol. The van der Waals surface area contributed by atoms with Crippen LogP contribution in [-0.2, 0) is 4.79 Å². The number of piperidine rings is 1. The van der Waals surface area contributed by atoms with Gasteiger partial charge in [0, 0.05) is 13.1 Å². The minimum atomic E-state index is -0.418. The maximum Gasteiger partial charge on any atom is 0.241 e. The number of β-amino-alcohol motifs (C(OH)–C–C–N with tert-alkyl or cyclic N) is 1. The quantitative estimate of drug-likeness (QED) is 0.872. The lowest BCUT2D eigenvalue weighted by Gasteiger charge is -2.34. The maximum absolute atomic E-state index is 12.1. The van der Waals surface area contributed by atoms with Gasteiger partial charge in [-0.2, -0.15) is 0 Å². The van der Waals surface area contributed by atoms with Gasteiger partial charge in [-0.05, 0) is 24.5 Å². The normalized spacial score (nSPS) is 22.4. The van der Waals surface area contributed by atoms with Gasteiger partial charge < -0.3 is 20.1 Å². The minimum absolute atomic E-state index is 0.00172. The molecule has 2 N–H and O–H groups in total. The summed E-state index contributed by atoms with van der Waals surface area (Å²) >= 11 is 0. The summed E-state index contributed by atoms with van der Waals surface area (Å²) in [6, 6.07) is 7.49. The van der Waals surface area contributed by atoms with E-state index in [0.29, 0.717) is 18.8 Å². The van der Waals surface area contributed by atoms with Crippen LogP contribution in [-0.4, -0.2) is 48.8 Å². The van der Waals surface area contributed by atoms with Gasteiger partial charge in [-0.25, -0.2) is 0 Å². The van der Waals surface area contributed by atoms with Crippen LogP contribution in [0.4, 0.5) is 5.69 Å². The van der Waals surface area contributed by atoms with Crippen molar-refractivity contribution in [2.75, 3.05) is 32.1 Å². The van der Waals surface area contributed by atoms with E-state index in [1.807, 2.05) is 31.2 Å². The molecule has 2 atom stereocenters. The lowest BCUT2D eigenvalue weighted by molar-refractivity contribution is -0.133. The van der Waals surface area contributed by atoms with Crippen LogP contribution in [0.2, 0.25) is 0 Å². The van der Waals surface area contributed by atoms with Crippen molar-refractivity contribution in [3.63, 3.8) is 0 Å². The summed E-state index contributed by atoms with van der Waals surface area (Å²) in [5, 5.41) is 12.9. The standard InChI is InChI=1S/C15H22N2O3/c1-11-7-8-17(10-13(11)18)15(19)9-16-12-5-3-4-6-14(12)20-2/h3-6,11,13,16,18H,7-10H2,1-2H3. The van der Waals surface area contributed by atoms with Crippen molar-refractivity contribution in [2.45, 2.75) is 19.4 Å². The molecule has 2 rings (SSSR count). The largest absolute Gasteiger partial charge is 0.495 e. The number of nitrogens with zero attached hydrogens (tertiary/aromatic N) is 1. The van der Waals surface area contributed by atoms with E-state index in [9.17, 15) is 9.90 Å². The molecule has 0 bridgehead atoms. The van der Waals surface area contributed by atoms with Crippen LogP contribution in [0.3, 0.4) is 0 Å². The second kappa shape index (κ2) is 6.61. The average molecular weight is 278 g/mol. The van der Waals surface area contributed by atoms with Crippen LogP contribution in [0.5, 0.6) is 5.75 Å². The molecule has 0 saturated carbocycles. The molecular formula is C15H22N2O3. The average Bonchev–Trinajstić information content (AvgIpc) is 2.47. The summed E-state index contributed by atoms with van der Waals surface area (Å²) in [6.45, 7) is 3.36. The number of carbonyl (C=O) groups is 1. The Morgan fingerprint density at radius 1 is 1.50 bits per heavy atom. The highest BCUT2D eigenvalue weighted by atomic mass is 16.5. The van der Waals surface area contributed by atoms with Crippen molar-refractivity contribution < 1.29 is 14.6 Å². The summed E-state index contributed by atoms with van der Waals surface area (Å²) in [6.07, 6.45) is 0.431. The number of anilines is 1. The van der Waals surface area contributed by atoms with E-state index < -0.39 is 6.10 Å². The first-order chi connectivity index (χ1) is 9.61. The Morgan fingerprint density at radius 3 is 2.95 bits per heavy atom. The molecule has 5 nitrogen and oxygen atoms in total. The van der Waals surface area contributed by atoms with E-state index in [1.165, 1.54) is 0 Å². The number of aliphatic hydroxyl groups is 1. The number of amides is 1. The number of carbonyl (C=O) groups excluding carboxylic acids is 1. The van der Waals surface area contributed by atoms with E-state index in [0.717, 1.165) is 12.1 Å². The number of para-hydroxylation sites is 2. The molecule has 1 aliphatic heterocycles. The van der Waals surface area contributed by atoms with Crippen LogP contribution in [0.25, 0.3) is 0 Å². The highest BCUT2D eigenvalue weighted by Gasteiger charge is 2.26. The first-order valence-electron chi connectivity index (χ1n) is 6.94. The first kappa shape index (κ1) is 14.7. The topological polar surface area (TPSA) is 61.8 Å². The van der Waals surface area contributed by atoms with Crippen molar-refractivity contribution in [3.8, 4) is 5.75 Å². The van der Waals surface area contributed by atoms with Crippen molar-refractivity contribution >= 4 is 11.6 Å². The van der Waals surface area contributed by atoms with E-state index >= 15 is 0 Å². The zero-order valence-corrected chi connectivity index (χ0v) is 12.0. The first-order valence-corrected chi connectivity index (χ1v) is 6.94. The second-order valence-electron chi connectivity index (χ2n) is 5.23. The Bertz CT molecular complexity index is 464. The lowest BCUT2D eigenvalue weighted by atomic mass is 9.96. The third-order valence-corrected chi connectivity index (χ3v) is 3.81. The van der Waals surface area contributed by atoms with Gasteiger partial charge in [0.15, 0.2) is 0 Å². The molecule has 0 radical (unpaired) electrons. The summed E-state index contributed by atoms with van der Waals surface area (Å²) in [7, 11) is 1.60. The number of aliphatic hydroxyl groups excluding tert-OH is 1. The van der Waals surface area contributed by atoms with Crippen molar-refractivity contribution in [2.24, 2.45) is 5.92 Å². The molecule has 2 unspecified atom stereocenters. The molecule has 1 aromatic carbocycles. The monoisotopic (exact) mass is 278 g/mol. The molecule has 110 valence electrons. The van der Waals surface area contributed by atoms with Gasteiger partial charge in [-0.1, -0.05) is 19.1 Å². The fourth-order valence-corrected chi connectivity index (χ4v) is 2.35. The number of nitrogens with one attached hydrogen (secondary N) is 1. The zero-order valence-electron chi connectivity index (χ0n) is 12.0. The number of hydrogen-bond acceptors (Lipinski definition) is 4. The minimum Gasteiger partial charge on any atom is -0.495 e. The molecule has 1 heterocycles. The number of hydrogen-bond donors (Lipinski definition) is 2. The van der Waals surface area contributed by atoms with Crippen LogP contribution >= 0.6 is 0 Å². The number of methoxy groups -OCH3 is 1. The van der Waals surface area contributed by atoms with E-state index in [4.69, 9.17) is 4.74 Å². The Kier molecular flexibility index (Phi) is 4.84. The molecule has 1 aromatic rings. The molecule has 0 spiro atoms. The van der Waals surface area contributed by atoms with Crippen LogP contribution in [0.15, 0.2) is 24.3 Å². The van der Waals surface area contributed by atoms with Gasteiger partial charge in [-0.3, -0.25) is 4.79 Å². The zero-order chi connectivity index (χ0) is 14.5. The summed E-state index contributed by atoms with van der Waals surface area (Å²) < 4.78 is 5.23. The molecule has 1 amide bonds. The molecule has 0 aromatic heterocycles. The fourth-order valence-electron chi connectivity index (χ4n) is 2.35. The Labute approximate surface area is 119 Å². The van der Waals surface area contributed by atoms with E-state index in [2.05, 4.69) is 5.32 Å². The van der Waals surface area contributed by atoms with Gasteiger partial charge >= 0.3 is 0 Å². The summed E-state index contributed by atoms with van der Waals surface area (Å²) in [4.78, 5) is 13.9. The smallest absolute Gasteiger partial charge is 0.241 e. The van der Waals surface area contributed by atoms with Crippen LogP contribution in [0.1, 0.15) is 13.3 Å². The van der Waals surface area contributed by atoms with Crippen molar-refractivity contribution in [3.05, 3.63) is 24.3 Å². The van der Waals surface area contributed by atoms with Crippen LogP contribution < -0.4 is 10.1 Å². The Balaban J connectivity index is 1.89. The molecule has 1 aliphatic rings. The van der Waals surface area contributed by atoms with Gasteiger partial charge in [-0.15, -0.1) is 0 Å². The highest BCUT2D eigenvalue weighted by molar-refractivity contribution is 5.81. The Morgan fingerprint density at radius 2 is 2.25 bits per heavy atom. The summed E-state index contributed by atoms with van der Waals surface area (Å²) in [5.74, 6) is 0.982. The lowest BCUT2D eigenvalue weighted by Crippen LogP contribution is -2.47. The van der Waals surface area contributed by atoms with E-state index in [-0.39, 0.29) is 18.4 Å². The molecule has 1 saturated heterocycles. The maximum atomic E-state index is 12.1. The number of likely N-dealkylation sites (tertiary alicyclic amines) is 1. The summed E-state index contributed by atoms with van der Waals surface area (Å²) in [5.41, 5.74) is 0.800. The van der Waals surface area contributed by atoms with E-state index in [1.54, 1.807) is 12.0 Å². The van der Waals surface area contributed by atoms with Crippen molar-refractivity contribution in [1.82, 2.24) is 4.90 Å². The van der Waals surface area contributed by atoms with Gasteiger partial charge in [0.25, 0.3) is 0 Å². The van der Waals surface area contributed by atoms with Crippen molar-refractivity contribution in [1.29, 1.82) is 0 Å². The predicted octanol–water partition coefficient (Wildman–Crippen LogP) is 1.34. The Hall–Kier alpha value is -1.75. The number of ether oxygens (including phenoxy) is 1. The fraction of sp³-hybridized carbons (Fsp3) is 0.533. The van der Waals surface area contributed by atoms with Gasteiger partial charge in [0.2, 0.25) is 5.91 Å². The molecule has 0 aliphatic carbocycles.